The average molecular weight is 214 g/mol. The van der Waals surface area contributed by atoms with Crippen molar-refractivity contribution in [1.82, 2.24) is 10.4 Å². The van der Waals surface area contributed by atoms with Gasteiger partial charge >= 0.3 is 6.09 Å². The lowest BCUT2D eigenvalue weighted by molar-refractivity contribution is -0.136. The van der Waals surface area contributed by atoms with E-state index in [0.29, 0.717) is 19.6 Å². The van der Waals surface area contributed by atoms with E-state index in [2.05, 4.69) is 5.43 Å². The van der Waals surface area contributed by atoms with Crippen molar-refractivity contribution in [2.45, 2.75) is 39.0 Å². The largest absolute Gasteiger partial charge is 0.448 e. The molecular formula is C10H18N2O3. The molecule has 0 spiro atoms. The van der Waals surface area contributed by atoms with Crippen LogP contribution in [-0.4, -0.2) is 30.2 Å². The maximum absolute atomic E-state index is 11.3. The summed E-state index contributed by atoms with van der Waals surface area (Å²) in [5.41, 5.74) is 2.45. The van der Waals surface area contributed by atoms with E-state index in [4.69, 9.17) is 4.74 Å². The number of unbranched alkanes of at least 4 members (excludes halogenated alkanes) is 1. The lowest BCUT2D eigenvalue weighted by Crippen LogP contribution is -2.48. The molecule has 15 heavy (non-hydrogen) atoms. The summed E-state index contributed by atoms with van der Waals surface area (Å²) in [6.07, 6.45) is 3.65. The summed E-state index contributed by atoms with van der Waals surface area (Å²) in [6, 6.07) is 0. The molecular weight excluding hydrogens is 196 g/mol. The zero-order chi connectivity index (χ0) is 11.1. The fourth-order valence-electron chi connectivity index (χ4n) is 1.38. The van der Waals surface area contributed by atoms with E-state index < -0.39 is 6.09 Å². The van der Waals surface area contributed by atoms with Crippen molar-refractivity contribution in [2.75, 3.05) is 13.2 Å². The summed E-state index contributed by atoms with van der Waals surface area (Å²) in [5, 5.41) is 1.35. The van der Waals surface area contributed by atoms with Crippen molar-refractivity contribution in [3.63, 3.8) is 0 Å². The van der Waals surface area contributed by atoms with E-state index >= 15 is 0 Å². The number of ether oxygens (including phenoxy) is 1. The molecule has 1 aliphatic rings. The Hall–Kier alpha value is -1.26. The second-order valence-corrected chi connectivity index (χ2v) is 3.60. The first kappa shape index (κ1) is 11.8. The minimum Gasteiger partial charge on any atom is -0.448 e. The second kappa shape index (κ2) is 6.27. The van der Waals surface area contributed by atoms with Gasteiger partial charge in [-0.15, -0.1) is 0 Å². The Morgan fingerprint density at radius 3 is 3.00 bits per heavy atom. The Kier molecular flexibility index (Phi) is 4.93. The molecule has 0 unspecified atom stereocenters. The number of hydrazine groups is 1. The van der Waals surface area contributed by atoms with Gasteiger partial charge in [0.05, 0.1) is 6.61 Å². The standard InChI is InChI=1S/C10H18N2O3/c1-2-3-8-15-10(14)11-12-7-5-4-6-9(12)13/h2-8H2,1H3,(H,11,14). The van der Waals surface area contributed by atoms with Gasteiger partial charge in [0.2, 0.25) is 5.91 Å². The zero-order valence-electron chi connectivity index (χ0n) is 9.12. The van der Waals surface area contributed by atoms with Gasteiger partial charge in [-0.1, -0.05) is 13.3 Å². The molecule has 0 radical (unpaired) electrons. The zero-order valence-corrected chi connectivity index (χ0v) is 9.12. The molecule has 0 aromatic carbocycles. The van der Waals surface area contributed by atoms with Crippen LogP contribution in [0.15, 0.2) is 0 Å². The Labute approximate surface area is 89.7 Å². The molecule has 1 saturated heterocycles. The van der Waals surface area contributed by atoms with Crippen molar-refractivity contribution in [1.29, 1.82) is 0 Å². The SMILES string of the molecule is CCCCOC(=O)NN1CCCCC1=O. The fraction of sp³-hybridized carbons (Fsp3) is 0.800. The van der Waals surface area contributed by atoms with Crippen LogP contribution >= 0.6 is 0 Å². The molecule has 0 atom stereocenters. The van der Waals surface area contributed by atoms with Gasteiger partial charge in [-0.2, -0.15) is 0 Å². The summed E-state index contributed by atoms with van der Waals surface area (Å²) in [6.45, 7) is 3.02. The Morgan fingerprint density at radius 1 is 1.53 bits per heavy atom. The lowest BCUT2D eigenvalue weighted by atomic mass is 10.1. The van der Waals surface area contributed by atoms with Gasteiger partial charge < -0.3 is 4.74 Å². The predicted molar refractivity (Wildman–Crippen MR) is 55.0 cm³/mol. The Bertz CT molecular complexity index is 231. The van der Waals surface area contributed by atoms with Gasteiger partial charge in [-0.3, -0.25) is 9.80 Å². The van der Waals surface area contributed by atoms with E-state index in [1.807, 2.05) is 6.92 Å². The van der Waals surface area contributed by atoms with E-state index in [-0.39, 0.29) is 5.91 Å². The topological polar surface area (TPSA) is 58.6 Å². The van der Waals surface area contributed by atoms with E-state index in [0.717, 1.165) is 25.7 Å². The molecule has 1 rings (SSSR count). The maximum Gasteiger partial charge on any atom is 0.426 e. The van der Waals surface area contributed by atoms with Crippen molar-refractivity contribution in [2.24, 2.45) is 0 Å². The third kappa shape index (κ3) is 4.18. The molecule has 5 nitrogen and oxygen atoms in total. The smallest absolute Gasteiger partial charge is 0.426 e. The first-order chi connectivity index (χ1) is 7.24. The third-order valence-corrected chi connectivity index (χ3v) is 2.28. The van der Waals surface area contributed by atoms with Gasteiger partial charge in [0.1, 0.15) is 0 Å². The second-order valence-electron chi connectivity index (χ2n) is 3.60. The predicted octanol–water partition coefficient (Wildman–Crippen LogP) is 1.44. The van der Waals surface area contributed by atoms with Gasteiger partial charge in [0.25, 0.3) is 0 Å². The number of hydrogen-bond donors (Lipinski definition) is 1. The minimum absolute atomic E-state index is 0.0336. The van der Waals surface area contributed by atoms with Gasteiger partial charge in [0, 0.05) is 13.0 Å². The summed E-state index contributed by atoms with van der Waals surface area (Å²) in [7, 11) is 0. The molecule has 0 bridgehead atoms. The number of rotatable bonds is 4. The van der Waals surface area contributed by atoms with Crippen LogP contribution in [-0.2, 0) is 9.53 Å². The molecule has 0 saturated carbocycles. The molecule has 1 aliphatic heterocycles. The maximum atomic E-state index is 11.3. The quantitative estimate of drug-likeness (QED) is 0.720. The monoisotopic (exact) mass is 214 g/mol. The van der Waals surface area contributed by atoms with Crippen LogP contribution in [0.1, 0.15) is 39.0 Å². The van der Waals surface area contributed by atoms with Gasteiger partial charge in [-0.05, 0) is 19.3 Å². The molecule has 5 heteroatoms. The van der Waals surface area contributed by atoms with Gasteiger partial charge in [0.15, 0.2) is 0 Å². The first-order valence-electron chi connectivity index (χ1n) is 5.48. The van der Waals surface area contributed by atoms with Crippen molar-refractivity contribution in [3.8, 4) is 0 Å². The average Bonchev–Trinajstić information content (AvgIpc) is 2.22. The number of carbonyl (C=O) groups is 2. The molecule has 1 heterocycles. The van der Waals surface area contributed by atoms with Crippen LogP contribution in [0, 0.1) is 0 Å². The van der Waals surface area contributed by atoms with Crippen molar-refractivity contribution < 1.29 is 14.3 Å². The number of nitrogens with zero attached hydrogens (tertiary/aromatic N) is 1. The van der Waals surface area contributed by atoms with Crippen LogP contribution in [0.25, 0.3) is 0 Å². The van der Waals surface area contributed by atoms with E-state index in [1.54, 1.807) is 0 Å². The molecule has 0 aromatic rings. The summed E-state index contributed by atoms with van der Waals surface area (Å²) in [4.78, 5) is 22.5. The molecule has 1 N–H and O–H groups in total. The van der Waals surface area contributed by atoms with Gasteiger partial charge in [-0.25, -0.2) is 10.2 Å². The van der Waals surface area contributed by atoms with E-state index in [9.17, 15) is 9.59 Å². The molecule has 86 valence electrons. The minimum atomic E-state index is -0.529. The Morgan fingerprint density at radius 2 is 2.33 bits per heavy atom. The van der Waals surface area contributed by atoms with Crippen molar-refractivity contribution >= 4 is 12.0 Å². The molecule has 0 aliphatic carbocycles. The number of hydrogen-bond acceptors (Lipinski definition) is 3. The van der Waals surface area contributed by atoms with E-state index in [1.165, 1.54) is 5.01 Å². The highest BCUT2D eigenvalue weighted by molar-refractivity contribution is 5.79. The van der Waals surface area contributed by atoms with Crippen LogP contribution in [0.5, 0.6) is 0 Å². The number of piperidine rings is 1. The number of nitrogens with one attached hydrogen (secondary N) is 1. The van der Waals surface area contributed by atoms with Crippen LogP contribution in [0.4, 0.5) is 4.79 Å². The summed E-state index contributed by atoms with van der Waals surface area (Å²) in [5.74, 6) is -0.0336. The van der Waals surface area contributed by atoms with Crippen molar-refractivity contribution in [3.05, 3.63) is 0 Å². The molecule has 2 amide bonds. The summed E-state index contributed by atoms with van der Waals surface area (Å²) >= 11 is 0. The highest BCUT2D eigenvalue weighted by atomic mass is 16.6. The summed E-state index contributed by atoms with van der Waals surface area (Å²) < 4.78 is 4.89. The number of carbonyl (C=O) groups excluding carboxylic acids is 2. The number of amides is 2. The fourth-order valence-corrected chi connectivity index (χ4v) is 1.38. The van der Waals surface area contributed by atoms with Crippen LogP contribution in [0.2, 0.25) is 0 Å². The molecule has 0 aromatic heterocycles. The molecule has 1 fully saturated rings. The normalized spacial score (nSPS) is 16.3. The lowest BCUT2D eigenvalue weighted by Gasteiger charge is -2.26. The van der Waals surface area contributed by atoms with Crippen LogP contribution in [0.3, 0.4) is 0 Å². The first-order valence-corrected chi connectivity index (χ1v) is 5.48. The highest BCUT2D eigenvalue weighted by Crippen LogP contribution is 2.07. The van der Waals surface area contributed by atoms with Crippen LogP contribution < -0.4 is 5.43 Å². The highest BCUT2D eigenvalue weighted by Gasteiger charge is 2.19. The Balaban J connectivity index is 2.21. The third-order valence-electron chi connectivity index (χ3n) is 2.28.